The van der Waals surface area contributed by atoms with Crippen molar-refractivity contribution in [3.63, 3.8) is 0 Å². The highest BCUT2D eigenvalue weighted by atomic mass is 35.5. The third kappa shape index (κ3) is 4.07. The summed E-state index contributed by atoms with van der Waals surface area (Å²) in [5.74, 6) is 0. The van der Waals surface area contributed by atoms with E-state index in [-0.39, 0.29) is 10.3 Å². The molecule has 0 aliphatic carbocycles. The fourth-order valence-corrected chi connectivity index (χ4v) is 5.60. The van der Waals surface area contributed by atoms with Crippen molar-refractivity contribution >= 4 is 38.6 Å². The van der Waals surface area contributed by atoms with E-state index in [0.717, 1.165) is 37.3 Å². The quantitative estimate of drug-likeness (QED) is 0.893. The summed E-state index contributed by atoms with van der Waals surface area (Å²) in [5, 5.41) is 0. The van der Waals surface area contributed by atoms with Gasteiger partial charge in [-0.2, -0.15) is 0 Å². The van der Waals surface area contributed by atoms with Gasteiger partial charge in [0.1, 0.15) is 4.21 Å². The standard InChI is InChI=1S/C16H19ClN2O2S2/c1-12-3-2-4-14(11-12)19-9-7-13(8-10-19)18-23(20,21)16-6-5-15(17)22-16/h2-6,11,13,18H,7-10H2,1H3. The van der Waals surface area contributed by atoms with Gasteiger partial charge >= 0.3 is 0 Å². The monoisotopic (exact) mass is 370 g/mol. The van der Waals surface area contributed by atoms with Gasteiger partial charge in [0.2, 0.25) is 10.0 Å². The van der Waals surface area contributed by atoms with Crippen LogP contribution < -0.4 is 9.62 Å². The van der Waals surface area contributed by atoms with Crippen LogP contribution >= 0.6 is 22.9 Å². The number of benzene rings is 1. The first-order valence-corrected chi connectivity index (χ1v) is 10.2. The Morgan fingerprint density at radius 2 is 1.96 bits per heavy atom. The first kappa shape index (κ1) is 16.8. The van der Waals surface area contributed by atoms with Crippen molar-refractivity contribution < 1.29 is 8.42 Å². The Kier molecular flexibility index (Phi) is 4.96. The minimum absolute atomic E-state index is 0.0260. The summed E-state index contributed by atoms with van der Waals surface area (Å²) in [6, 6.07) is 11.5. The first-order valence-electron chi connectivity index (χ1n) is 7.53. The lowest BCUT2D eigenvalue weighted by Crippen LogP contribution is -2.44. The lowest BCUT2D eigenvalue weighted by molar-refractivity contribution is 0.460. The Bertz CT molecular complexity index is 781. The molecule has 1 N–H and O–H groups in total. The van der Waals surface area contributed by atoms with Gasteiger partial charge < -0.3 is 4.90 Å². The summed E-state index contributed by atoms with van der Waals surface area (Å²) in [6.45, 7) is 3.78. The van der Waals surface area contributed by atoms with E-state index in [2.05, 4.69) is 40.8 Å². The molecule has 0 unspecified atom stereocenters. The van der Waals surface area contributed by atoms with Crippen molar-refractivity contribution in [2.24, 2.45) is 0 Å². The van der Waals surface area contributed by atoms with Gasteiger partial charge in [-0.15, -0.1) is 11.3 Å². The largest absolute Gasteiger partial charge is 0.371 e. The predicted molar refractivity (Wildman–Crippen MR) is 96.1 cm³/mol. The second-order valence-electron chi connectivity index (χ2n) is 5.78. The van der Waals surface area contributed by atoms with Crippen LogP contribution in [0.4, 0.5) is 5.69 Å². The van der Waals surface area contributed by atoms with Crippen LogP contribution in [0.1, 0.15) is 18.4 Å². The maximum atomic E-state index is 12.3. The van der Waals surface area contributed by atoms with Gasteiger partial charge in [0.25, 0.3) is 0 Å². The number of rotatable bonds is 4. The van der Waals surface area contributed by atoms with E-state index in [1.54, 1.807) is 12.1 Å². The molecule has 0 atom stereocenters. The normalized spacial score (nSPS) is 16.7. The number of aryl methyl sites for hydroxylation is 1. The zero-order valence-electron chi connectivity index (χ0n) is 12.8. The van der Waals surface area contributed by atoms with E-state index < -0.39 is 10.0 Å². The van der Waals surface area contributed by atoms with Gasteiger partial charge in [-0.25, -0.2) is 13.1 Å². The molecule has 2 aromatic rings. The van der Waals surface area contributed by atoms with E-state index >= 15 is 0 Å². The van der Waals surface area contributed by atoms with Crippen molar-refractivity contribution in [1.29, 1.82) is 0 Å². The minimum atomic E-state index is -3.46. The molecule has 1 aromatic carbocycles. The number of nitrogens with one attached hydrogen (secondary N) is 1. The van der Waals surface area contributed by atoms with Gasteiger partial charge in [0, 0.05) is 24.8 Å². The summed E-state index contributed by atoms with van der Waals surface area (Å²) in [6.07, 6.45) is 1.60. The van der Waals surface area contributed by atoms with Crippen LogP contribution in [0, 0.1) is 6.92 Å². The molecule has 0 amide bonds. The second kappa shape index (κ2) is 6.81. The zero-order chi connectivity index (χ0) is 16.4. The lowest BCUT2D eigenvalue weighted by atomic mass is 10.1. The van der Waals surface area contributed by atoms with E-state index in [4.69, 9.17) is 11.6 Å². The lowest BCUT2D eigenvalue weighted by Gasteiger charge is -2.33. The van der Waals surface area contributed by atoms with Crippen LogP contribution in [0.15, 0.2) is 40.6 Å². The zero-order valence-corrected chi connectivity index (χ0v) is 15.2. The van der Waals surface area contributed by atoms with E-state index in [9.17, 15) is 8.42 Å². The van der Waals surface area contributed by atoms with Crippen molar-refractivity contribution in [3.05, 3.63) is 46.3 Å². The van der Waals surface area contributed by atoms with Crippen molar-refractivity contribution in [1.82, 2.24) is 4.72 Å². The van der Waals surface area contributed by atoms with Crippen LogP contribution in [0.5, 0.6) is 0 Å². The molecule has 4 nitrogen and oxygen atoms in total. The summed E-state index contributed by atoms with van der Waals surface area (Å²) in [5.41, 5.74) is 2.44. The molecular formula is C16H19ClN2O2S2. The van der Waals surface area contributed by atoms with Gasteiger partial charge in [0.15, 0.2) is 0 Å². The molecule has 0 radical (unpaired) electrons. The predicted octanol–water partition coefficient (Wildman–Crippen LogP) is 3.66. The van der Waals surface area contributed by atoms with Crippen molar-refractivity contribution in [2.45, 2.75) is 30.0 Å². The molecule has 1 aliphatic rings. The molecule has 124 valence electrons. The molecule has 0 bridgehead atoms. The maximum absolute atomic E-state index is 12.3. The van der Waals surface area contributed by atoms with E-state index in [1.807, 2.05) is 0 Å². The molecule has 0 spiro atoms. The average molecular weight is 371 g/mol. The highest BCUT2D eigenvalue weighted by Gasteiger charge is 2.25. The number of hydrogen-bond donors (Lipinski definition) is 1. The SMILES string of the molecule is Cc1cccc(N2CCC(NS(=O)(=O)c3ccc(Cl)s3)CC2)c1. The smallest absolute Gasteiger partial charge is 0.250 e. The maximum Gasteiger partial charge on any atom is 0.250 e. The molecule has 1 saturated heterocycles. The number of thiophene rings is 1. The average Bonchev–Trinajstić information content (AvgIpc) is 2.95. The number of halogens is 1. The van der Waals surface area contributed by atoms with Gasteiger partial charge in [-0.3, -0.25) is 0 Å². The van der Waals surface area contributed by atoms with Gasteiger partial charge in [-0.1, -0.05) is 23.7 Å². The molecule has 1 aromatic heterocycles. The Balaban J connectivity index is 1.61. The molecule has 1 aliphatic heterocycles. The van der Waals surface area contributed by atoms with Crippen LogP contribution in [0.25, 0.3) is 0 Å². The molecule has 23 heavy (non-hydrogen) atoms. The molecule has 3 rings (SSSR count). The Labute approximate surface area is 146 Å². The third-order valence-corrected chi connectivity index (χ3v) is 7.24. The molecular weight excluding hydrogens is 352 g/mol. The van der Waals surface area contributed by atoms with Gasteiger partial charge in [-0.05, 0) is 49.6 Å². The van der Waals surface area contributed by atoms with Crippen LogP contribution in [0.3, 0.4) is 0 Å². The topological polar surface area (TPSA) is 49.4 Å². The van der Waals surface area contributed by atoms with Crippen LogP contribution in [-0.2, 0) is 10.0 Å². The summed E-state index contributed by atoms with van der Waals surface area (Å²) >= 11 is 6.92. The number of anilines is 1. The number of hydrogen-bond acceptors (Lipinski definition) is 4. The van der Waals surface area contributed by atoms with Crippen molar-refractivity contribution in [3.8, 4) is 0 Å². The minimum Gasteiger partial charge on any atom is -0.371 e. The second-order valence-corrected chi connectivity index (χ2v) is 9.44. The molecule has 1 fully saturated rings. The third-order valence-electron chi connectivity index (χ3n) is 4.00. The fraction of sp³-hybridized carbons (Fsp3) is 0.375. The summed E-state index contributed by atoms with van der Waals surface area (Å²) in [4.78, 5) is 2.31. The van der Waals surface area contributed by atoms with Crippen LogP contribution in [-0.4, -0.2) is 27.5 Å². The highest BCUT2D eigenvalue weighted by molar-refractivity contribution is 7.91. The number of piperidine rings is 1. The fourth-order valence-electron chi connectivity index (χ4n) is 2.80. The molecule has 7 heteroatoms. The van der Waals surface area contributed by atoms with Gasteiger partial charge in [0.05, 0.1) is 4.34 Å². The molecule has 2 heterocycles. The Hall–Kier alpha value is -1.08. The Morgan fingerprint density at radius 1 is 1.22 bits per heavy atom. The number of nitrogens with zero attached hydrogens (tertiary/aromatic N) is 1. The highest BCUT2D eigenvalue weighted by Crippen LogP contribution is 2.27. The number of sulfonamides is 1. The van der Waals surface area contributed by atoms with E-state index in [1.165, 1.54) is 11.3 Å². The van der Waals surface area contributed by atoms with E-state index in [0.29, 0.717) is 4.34 Å². The summed E-state index contributed by atoms with van der Waals surface area (Å²) in [7, 11) is -3.46. The Morgan fingerprint density at radius 3 is 2.57 bits per heavy atom. The summed E-state index contributed by atoms with van der Waals surface area (Å²) < 4.78 is 28.2. The molecule has 0 saturated carbocycles. The van der Waals surface area contributed by atoms with Crippen molar-refractivity contribution in [2.75, 3.05) is 18.0 Å². The first-order chi connectivity index (χ1) is 10.9. The van der Waals surface area contributed by atoms with Crippen LogP contribution in [0.2, 0.25) is 4.34 Å².